The first kappa shape index (κ1) is 19.9. The van der Waals surface area contributed by atoms with Crippen LogP contribution in [0.25, 0.3) is 0 Å². The lowest BCUT2D eigenvalue weighted by molar-refractivity contribution is 0.297. The first-order chi connectivity index (χ1) is 13.7. The van der Waals surface area contributed by atoms with Gasteiger partial charge in [-0.2, -0.15) is 4.31 Å². The number of benzene rings is 2. The smallest absolute Gasteiger partial charge is 0.244 e. The van der Waals surface area contributed by atoms with Gasteiger partial charge in [0.25, 0.3) is 0 Å². The number of aryl methyl sites for hydroxylation is 5. The van der Waals surface area contributed by atoms with E-state index in [4.69, 9.17) is 0 Å². The van der Waals surface area contributed by atoms with E-state index in [1.165, 1.54) is 5.56 Å². The van der Waals surface area contributed by atoms with Crippen molar-refractivity contribution < 1.29 is 8.42 Å². The molecule has 0 radical (unpaired) electrons. The summed E-state index contributed by atoms with van der Waals surface area (Å²) in [5.41, 5.74) is 7.05. The Balaban J connectivity index is 1.92. The second-order valence-corrected chi connectivity index (χ2v) is 10.1. The van der Waals surface area contributed by atoms with Crippen molar-refractivity contribution in [3.05, 3.63) is 87.7 Å². The van der Waals surface area contributed by atoms with Crippen LogP contribution in [0.1, 0.15) is 45.1 Å². The van der Waals surface area contributed by atoms with E-state index in [-0.39, 0.29) is 6.04 Å². The van der Waals surface area contributed by atoms with Crippen molar-refractivity contribution in [2.45, 2.75) is 52.1 Å². The third-order valence-electron chi connectivity index (χ3n) is 5.89. The number of hydrogen-bond donors (Lipinski definition) is 0. The Bertz CT molecular complexity index is 1170. The second-order valence-electron chi connectivity index (χ2n) is 8.23. The zero-order chi connectivity index (χ0) is 20.9. The SMILES string of the molecule is Cc1ccc(C2c3cccn3CCN2S(=O)(=O)c2c(C)cc(C)cc2C)c(C)c1. The number of rotatable bonds is 3. The molecule has 2 aromatic carbocycles. The van der Waals surface area contributed by atoms with Crippen molar-refractivity contribution in [3.63, 3.8) is 0 Å². The van der Waals surface area contributed by atoms with E-state index in [1.54, 1.807) is 4.31 Å². The Morgan fingerprint density at radius 1 is 0.828 bits per heavy atom. The van der Waals surface area contributed by atoms with Gasteiger partial charge in [0.1, 0.15) is 0 Å². The van der Waals surface area contributed by atoms with Crippen LogP contribution >= 0.6 is 0 Å². The molecular formula is C24H28N2O2S. The van der Waals surface area contributed by atoms with E-state index in [0.29, 0.717) is 18.0 Å². The fourth-order valence-electron chi connectivity index (χ4n) is 4.76. The summed E-state index contributed by atoms with van der Waals surface area (Å²) in [7, 11) is -3.66. The molecule has 152 valence electrons. The van der Waals surface area contributed by atoms with Crippen molar-refractivity contribution >= 4 is 10.0 Å². The minimum atomic E-state index is -3.66. The van der Waals surface area contributed by atoms with Gasteiger partial charge in [0.2, 0.25) is 10.0 Å². The highest BCUT2D eigenvalue weighted by Crippen LogP contribution is 2.39. The Hall–Kier alpha value is -2.37. The van der Waals surface area contributed by atoms with Gasteiger partial charge in [-0.05, 0) is 69.0 Å². The summed E-state index contributed by atoms with van der Waals surface area (Å²) in [6, 6.07) is 13.9. The molecule has 4 rings (SSSR count). The van der Waals surface area contributed by atoms with E-state index >= 15 is 0 Å². The third kappa shape index (κ3) is 3.32. The number of aromatic nitrogens is 1. The summed E-state index contributed by atoms with van der Waals surface area (Å²) in [4.78, 5) is 0.442. The van der Waals surface area contributed by atoms with Gasteiger partial charge in [0.15, 0.2) is 0 Å². The zero-order valence-electron chi connectivity index (χ0n) is 17.7. The molecule has 0 saturated carbocycles. The average molecular weight is 409 g/mol. The van der Waals surface area contributed by atoms with Crippen LogP contribution in [-0.2, 0) is 16.6 Å². The summed E-state index contributed by atoms with van der Waals surface area (Å²) in [5.74, 6) is 0. The Labute approximate surface area is 173 Å². The molecule has 1 unspecified atom stereocenters. The highest BCUT2D eigenvalue weighted by Gasteiger charge is 2.39. The Morgan fingerprint density at radius 2 is 1.48 bits per heavy atom. The molecule has 29 heavy (non-hydrogen) atoms. The maximum Gasteiger partial charge on any atom is 0.244 e. The molecular weight excluding hydrogens is 380 g/mol. The van der Waals surface area contributed by atoms with Crippen LogP contribution in [0, 0.1) is 34.6 Å². The lowest BCUT2D eigenvalue weighted by atomic mass is 9.96. The van der Waals surface area contributed by atoms with Crippen molar-refractivity contribution in [1.82, 2.24) is 8.87 Å². The van der Waals surface area contributed by atoms with Crippen molar-refractivity contribution in [2.75, 3.05) is 6.54 Å². The lowest BCUT2D eigenvalue weighted by Crippen LogP contribution is -2.43. The van der Waals surface area contributed by atoms with E-state index in [9.17, 15) is 8.42 Å². The molecule has 1 atom stereocenters. The summed E-state index contributed by atoms with van der Waals surface area (Å²) in [6.07, 6.45) is 2.04. The fourth-order valence-corrected chi connectivity index (χ4v) is 6.75. The highest BCUT2D eigenvalue weighted by molar-refractivity contribution is 7.89. The molecule has 3 aromatic rings. The fraction of sp³-hybridized carbons (Fsp3) is 0.333. The van der Waals surface area contributed by atoms with Crippen LogP contribution in [0.2, 0.25) is 0 Å². The predicted octanol–water partition coefficient (Wildman–Crippen LogP) is 4.82. The van der Waals surface area contributed by atoms with Gasteiger partial charge in [0, 0.05) is 25.0 Å². The standard InChI is InChI=1S/C24H28N2O2S/c1-16-8-9-21(18(3)13-16)23-22-7-6-10-25(22)11-12-26(23)29(27,28)24-19(4)14-17(2)15-20(24)5/h6-10,13-15,23H,11-12H2,1-5H3. The van der Waals surface area contributed by atoms with Crippen molar-refractivity contribution in [2.24, 2.45) is 0 Å². The summed E-state index contributed by atoms with van der Waals surface area (Å²) in [5, 5.41) is 0. The first-order valence-corrected chi connectivity index (χ1v) is 11.5. The van der Waals surface area contributed by atoms with Crippen molar-refractivity contribution in [1.29, 1.82) is 0 Å². The molecule has 0 saturated heterocycles. The number of hydrogen-bond acceptors (Lipinski definition) is 2. The molecule has 1 aliphatic heterocycles. The number of fused-ring (bicyclic) bond motifs is 1. The average Bonchev–Trinajstić information content (AvgIpc) is 3.08. The largest absolute Gasteiger partial charge is 0.348 e. The van der Waals surface area contributed by atoms with Gasteiger partial charge in [-0.3, -0.25) is 0 Å². The molecule has 0 N–H and O–H groups in total. The molecule has 4 nitrogen and oxygen atoms in total. The molecule has 0 fully saturated rings. The minimum Gasteiger partial charge on any atom is -0.348 e. The minimum absolute atomic E-state index is 0.329. The molecule has 1 aromatic heterocycles. The number of sulfonamides is 1. The molecule has 1 aliphatic rings. The second kappa shape index (κ2) is 7.15. The topological polar surface area (TPSA) is 42.3 Å². The maximum absolute atomic E-state index is 14.0. The molecule has 5 heteroatoms. The van der Waals surface area contributed by atoms with Crippen molar-refractivity contribution in [3.8, 4) is 0 Å². The van der Waals surface area contributed by atoms with Crippen LogP contribution in [0.15, 0.2) is 53.6 Å². The highest BCUT2D eigenvalue weighted by atomic mass is 32.2. The summed E-state index contributed by atoms with van der Waals surface area (Å²) < 4.78 is 31.8. The first-order valence-electron chi connectivity index (χ1n) is 10.0. The molecule has 0 bridgehead atoms. The van der Waals surface area contributed by atoms with Crippen LogP contribution in [0.3, 0.4) is 0 Å². The summed E-state index contributed by atoms with van der Waals surface area (Å²) in [6.45, 7) is 11.0. The predicted molar refractivity (Wildman–Crippen MR) is 117 cm³/mol. The monoisotopic (exact) mass is 408 g/mol. The molecule has 0 aliphatic carbocycles. The zero-order valence-corrected chi connectivity index (χ0v) is 18.5. The molecule has 0 spiro atoms. The maximum atomic E-state index is 14.0. The lowest BCUT2D eigenvalue weighted by Gasteiger charge is -2.37. The van der Waals surface area contributed by atoms with E-state index in [2.05, 4.69) is 36.6 Å². The van der Waals surface area contributed by atoms with E-state index in [1.807, 2.05) is 51.2 Å². The Morgan fingerprint density at radius 3 is 2.14 bits per heavy atom. The quantitative estimate of drug-likeness (QED) is 0.623. The third-order valence-corrected chi connectivity index (χ3v) is 8.06. The van der Waals surface area contributed by atoms with Crippen LogP contribution in [-0.4, -0.2) is 23.8 Å². The van der Waals surface area contributed by atoms with E-state index in [0.717, 1.165) is 33.5 Å². The van der Waals surface area contributed by atoms with Gasteiger partial charge in [-0.15, -0.1) is 0 Å². The van der Waals surface area contributed by atoms with Gasteiger partial charge >= 0.3 is 0 Å². The summed E-state index contributed by atoms with van der Waals surface area (Å²) >= 11 is 0. The van der Waals surface area contributed by atoms with Gasteiger partial charge < -0.3 is 4.57 Å². The normalized spacial score (nSPS) is 17.3. The van der Waals surface area contributed by atoms with Crippen LogP contribution in [0.5, 0.6) is 0 Å². The van der Waals surface area contributed by atoms with Crippen LogP contribution < -0.4 is 0 Å². The Kier molecular flexibility index (Phi) is 4.91. The molecule has 0 amide bonds. The van der Waals surface area contributed by atoms with E-state index < -0.39 is 10.0 Å². The van der Waals surface area contributed by atoms with Gasteiger partial charge in [-0.1, -0.05) is 41.5 Å². The van der Waals surface area contributed by atoms with Gasteiger partial charge in [0.05, 0.1) is 10.9 Å². The van der Waals surface area contributed by atoms with Gasteiger partial charge in [-0.25, -0.2) is 8.42 Å². The van der Waals surface area contributed by atoms with Crippen LogP contribution in [0.4, 0.5) is 0 Å². The molecule has 2 heterocycles. The number of nitrogens with zero attached hydrogens (tertiary/aromatic N) is 2.